The fourth-order valence-corrected chi connectivity index (χ4v) is 4.71. The second kappa shape index (κ2) is 6.43. The normalized spacial score (nSPS) is 11.6. The molecule has 0 fully saturated rings. The lowest BCUT2D eigenvalue weighted by molar-refractivity contribution is 1.62. The first-order chi connectivity index (χ1) is 14.3. The Bertz CT molecular complexity index is 1410. The molecule has 0 saturated heterocycles. The smallest absolute Gasteiger partial charge is 0.0175 e. The van der Waals surface area contributed by atoms with Crippen LogP contribution in [0.25, 0.3) is 54.6 Å². The molecule has 0 aromatic heterocycles. The largest absolute Gasteiger partial charge is 0.0622 e. The molecule has 0 saturated carbocycles. The fraction of sp³-hybridized carbons (Fsp3) is 0. The van der Waals surface area contributed by atoms with Gasteiger partial charge in [-0.15, -0.1) is 0 Å². The van der Waals surface area contributed by atoms with E-state index in [4.69, 9.17) is 0 Å². The van der Waals surface area contributed by atoms with Crippen LogP contribution in [0.15, 0.2) is 108 Å². The van der Waals surface area contributed by atoms with Crippen molar-refractivity contribution in [2.45, 2.75) is 0 Å². The minimum Gasteiger partial charge on any atom is -0.0622 e. The van der Waals surface area contributed by atoms with Crippen molar-refractivity contribution in [3.63, 3.8) is 0 Å². The molecule has 0 aliphatic carbocycles. The van der Waals surface area contributed by atoms with Crippen LogP contribution < -0.4 is 0 Å². The summed E-state index contributed by atoms with van der Waals surface area (Å²) < 4.78 is 1.10. The van der Waals surface area contributed by atoms with Crippen LogP contribution in [-0.2, 0) is 0 Å². The quantitative estimate of drug-likeness (QED) is 0.240. The molecule has 0 amide bonds. The van der Waals surface area contributed by atoms with Gasteiger partial charge in [0.25, 0.3) is 0 Å². The van der Waals surface area contributed by atoms with E-state index in [2.05, 4.69) is 119 Å². The number of halogens is 1. The van der Waals surface area contributed by atoms with Gasteiger partial charge in [0.1, 0.15) is 0 Å². The van der Waals surface area contributed by atoms with Crippen LogP contribution in [0.2, 0.25) is 0 Å². The first kappa shape index (κ1) is 16.8. The van der Waals surface area contributed by atoms with E-state index in [0.717, 1.165) is 4.47 Å². The predicted molar refractivity (Wildman–Crippen MR) is 129 cm³/mol. The van der Waals surface area contributed by atoms with Crippen molar-refractivity contribution in [1.29, 1.82) is 0 Å². The summed E-state index contributed by atoms with van der Waals surface area (Å²) in [6.07, 6.45) is 0. The molecular formula is C28H17Br. The van der Waals surface area contributed by atoms with E-state index < -0.39 is 0 Å². The van der Waals surface area contributed by atoms with Gasteiger partial charge in [0.15, 0.2) is 0 Å². The van der Waals surface area contributed by atoms with Gasteiger partial charge < -0.3 is 0 Å². The molecule has 0 spiro atoms. The summed E-state index contributed by atoms with van der Waals surface area (Å²) in [6.45, 7) is 0. The first-order valence-corrected chi connectivity index (χ1v) is 10.6. The molecule has 6 aromatic rings. The maximum Gasteiger partial charge on any atom is 0.0175 e. The summed E-state index contributed by atoms with van der Waals surface area (Å²) in [5.74, 6) is 0. The molecule has 6 aromatic carbocycles. The van der Waals surface area contributed by atoms with Crippen LogP contribution in [0.3, 0.4) is 0 Å². The van der Waals surface area contributed by atoms with Crippen LogP contribution >= 0.6 is 15.9 Å². The standard InChI is InChI=1S/C28H17Br/c29-26-12-10-19(11-13-26)25-16-22-8-6-20-14-24(18-4-2-1-3-5-18)15-21-7-9-23(17-25)28(22)27(20)21/h1-17H. The third-order valence-corrected chi connectivity index (χ3v) is 6.35. The highest BCUT2D eigenvalue weighted by molar-refractivity contribution is 9.10. The minimum absolute atomic E-state index is 1.10. The van der Waals surface area contributed by atoms with E-state index in [1.54, 1.807) is 0 Å². The monoisotopic (exact) mass is 432 g/mol. The highest BCUT2D eigenvalue weighted by Gasteiger charge is 2.12. The van der Waals surface area contributed by atoms with Gasteiger partial charge in [-0.2, -0.15) is 0 Å². The van der Waals surface area contributed by atoms with Crippen LogP contribution in [0.4, 0.5) is 0 Å². The summed E-state index contributed by atoms with van der Waals surface area (Å²) in [5.41, 5.74) is 5.03. The van der Waals surface area contributed by atoms with E-state index in [1.165, 1.54) is 54.6 Å². The van der Waals surface area contributed by atoms with Gasteiger partial charge in [-0.25, -0.2) is 0 Å². The maximum absolute atomic E-state index is 3.53. The number of hydrogen-bond donors (Lipinski definition) is 0. The third-order valence-electron chi connectivity index (χ3n) is 5.82. The van der Waals surface area contributed by atoms with Gasteiger partial charge in [-0.05, 0) is 91.0 Å². The van der Waals surface area contributed by atoms with Crippen molar-refractivity contribution in [3.05, 3.63) is 108 Å². The van der Waals surface area contributed by atoms with Gasteiger partial charge in [-0.3, -0.25) is 0 Å². The molecule has 0 aliphatic heterocycles. The lowest BCUT2D eigenvalue weighted by Crippen LogP contribution is -1.87. The van der Waals surface area contributed by atoms with E-state index in [9.17, 15) is 0 Å². The highest BCUT2D eigenvalue weighted by Crippen LogP contribution is 2.39. The zero-order valence-corrected chi connectivity index (χ0v) is 17.3. The summed E-state index contributed by atoms with van der Waals surface area (Å²) in [6, 6.07) is 37.5. The zero-order valence-electron chi connectivity index (χ0n) is 15.7. The predicted octanol–water partition coefficient (Wildman–Crippen LogP) is 8.68. The molecule has 29 heavy (non-hydrogen) atoms. The van der Waals surface area contributed by atoms with Gasteiger partial charge in [0.2, 0.25) is 0 Å². The Morgan fingerprint density at radius 3 is 1.24 bits per heavy atom. The Balaban J connectivity index is 1.62. The molecule has 0 bridgehead atoms. The second-order valence-electron chi connectivity index (χ2n) is 7.60. The maximum atomic E-state index is 3.53. The SMILES string of the molecule is Brc1ccc(-c2cc3ccc4cc(-c5ccccc5)cc5ccc(c2)c3c45)cc1. The van der Waals surface area contributed by atoms with Gasteiger partial charge >= 0.3 is 0 Å². The van der Waals surface area contributed by atoms with Crippen molar-refractivity contribution in [2.75, 3.05) is 0 Å². The first-order valence-electron chi connectivity index (χ1n) is 9.80. The summed E-state index contributed by atoms with van der Waals surface area (Å²) in [5, 5.41) is 7.92. The van der Waals surface area contributed by atoms with Crippen molar-refractivity contribution in [1.82, 2.24) is 0 Å². The molecule has 0 nitrogen and oxygen atoms in total. The van der Waals surface area contributed by atoms with Gasteiger partial charge in [0, 0.05) is 4.47 Å². The Labute approximate surface area is 177 Å². The van der Waals surface area contributed by atoms with Crippen LogP contribution in [-0.4, -0.2) is 0 Å². The molecule has 0 atom stereocenters. The van der Waals surface area contributed by atoms with E-state index >= 15 is 0 Å². The molecule has 0 N–H and O–H groups in total. The molecule has 0 heterocycles. The molecule has 0 aliphatic rings. The van der Waals surface area contributed by atoms with E-state index in [0.29, 0.717) is 0 Å². The Morgan fingerprint density at radius 1 is 0.379 bits per heavy atom. The average molecular weight is 433 g/mol. The van der Waals surface area contributed by atoms with Gasteiger partial charge in [-0.1, -0.05) is 82.7 Å². The fourth-order valence-electron chi connectivity index (χ4n) is 4.44. The van der Waals surface area contributed by atoms with Crippen molar-refractivity contribution in [3.8, 4) is 22.3 Å². The molecule has 1 heteroatoms. The topological polar surface area (TPSA) is 0 Å². The van der Waals surface area contributed by atoms with E-state index in [-0.39, 0.29) is 0 Å². The van der Waals surface area contributed by atoms with Crippen molar-refractivity contribution >= 4 is 48.2 Å². The molecule has 6 rings (SSSR count). The lowest BCUT2D eigenvalue weighted by Gasteiger charge is -2.14. The molecule has 0 radical (unpaired) electrons. The Hall–Kier alpha value is -3.16. The zero-order chi connectivity index (χ0) is 19.4. The molecule has 136 valence electrons. The average Bonchev–Trinajstić information content (AvgIpc) is 2.78. The lowest BCUT2D eigenvalue weighted by atomic mass is 9.89. The number of rotatable bonds is 2. The van der Waals surface area contributed by atoms with Gasteiger partial charge in [0.05, 0.1) is 0 Å². The molecular weight excluding hydrogens is 416 g/mol. The van der Waals surface area contributed by atoms with Crippen LogP contribution in [0, 0.1) is 0 Å². The Kier molecular flexibility index (Phi) is 3.72. The second-order valence-corrected chi connectivity index (χ2v) is 8.51. The third kappa shape index (κ3) is 2.73. The molecule has 0 unspecified atom stereocenters. The minimum atomic E-state index is 1.10. The van der Waals surface area contributed by atoms with Crippen molar-refractivity contribution < 1.29 is 0 Å². The summed E-state index contributed by atoms with van der Waals surface area (Å²) in [4.78, 5) is 0. The number of hydrogen-bond acceptors (Lipinski definition) is 0. The number of benzene rings is 6. The van der Waals surface area contributed by atoms with E-state index in [1.807, 2.05) is 0 Å². The summed E-state index contributed by atoms with van der Waals surface area (Å²) in [7, 11) is 0. The highest BCUT2D eigenvalue weighted by atomic mass is 79.9. The van der Waals surface area contributed by atoms with Crippen molar-refractivity contribution in [2.24, 2.45) is 0 Å². The Morgan fingerprint density at radius 2 is 0.793 bits per heavy atom. The summed E-state index contributed by atoms with van der Waals surface area (Å²) >= 11 is 3.53. The van der Waals surface area contributed by atoms with Crippen LogP contribution in [0.5, 0.6) is 0 Å². The van der Waals surface area contributed by atoms with Crippen LogP contribution in [0.1, 0.15) is 0 Å².